The van der Waals surface area contributed by atoms with Crippen LogP contribution in [0.2, 0.25) is 0 Å². The molecule has 0 N–H and O–H groups in total. The van der Waals surface area contributed by atoms with Crippen LogP contribution in [0.25, 0.3) is 11.4 Å². The smallest absolute Gasteiger partial charge is 0.273 e. The molecule has 0 saturated heterocycles. The minimum absolute atomic E-state index is 0.0204. The van der Waals surface area contributed by atoms with Crippen molar-refractivity contribution >= 4 is 17.2 Å². The van der Waals surface area contributed by atoms with Gasteiger partial charge in [0.2, 0.25) is 0 Å². The Bertz CT molecular complexity index is 896. The molecule has 3 aromatic rings. The number of amides is 1. The van der Waals surface area contributed by atoms with Gasteiger partial charge in [0.15, 0.2) is 6.39 Å². The number of fused-ring (bicyclic) bond motifs is 1. The quantitative estimate of drug-likeness (QED) is 0.719. The second kappa shape index (κ2) is 5.80. The Morgan fingerprint density at radius 2 is 2.28 bits per heavy atom. The number of thiazole rings is 1. The van der Waals surface area contributed by atoms with E-state index in [1.165, 1.54) is 36.3 Å². The van der Waals surface area contributed by atoms with Crippen LogP contribution in [-0.2, 0) is 19.5 Å². The first kappa shape index (κ1) is 14.8. The molecule has 0 unspecified atom stereocenters. The van der Waals surface area contributed by atoms with Crippen LogP contribution in [0, 0.1) is 5.92 Å². The summed E-state index contributed by atoms with van der Waals surface area (Å²) in [6, 6.07) is 0. The second-order valence-corrected chi connectivity index (χ2v) is 7.34. The molecule has 0 spiro atoms. The fraction of sp³-hybridized carbons (Fsp3) is 0.412. The van der Waals surface area contributed by atoms with Crippen LogP contribution in [-0.4, -0.2) is 37.1 Å². The first-order chi connectivity index (χ1) is 12.3. The molecule has 2 aliphatic rings. The predicted octanol–water partition coefficient (Wildman–Crippen LogP) is 2.60. The molecule has 25 heavy (non-hydrogen) atoms. The summed E-state index contributed by atoms with van der Waals surface area (Å²) in [4.78, 5) is 22.9. The molecule has 3 aromatic heterocycles. The van der Waals surface area contributed by atoms with Gasteiger partial charge in [-0.2, -0.15) is 5.10 Å². The summed E-state index contributed by atoms with van der Waals surface area (Å²) < 4.78 is 7.27. The van der Waals surface area contributed by atoms with E-state index in [4.69, 9.17) is 9.52 Å². The third-order valence-corrected chi connectivity index (χ3v) is 5.46. The lowest BCUT2D eigenvalue weighted by molar-refractivity contribution is 0.0728. The second-order valence-electron chi connectivity index (χ2n) is 6.62. The Kier molecular flexibility index (Phi) is 3.44. The summed E-state index contributed by atoms with van der Waals surface area (Å²) >= 11 is 1.44. The average Bonchev–Trinajstić information content (AvgIpc) is 3.08. The van der Waals surface area contributed by atoms with E-state index in [9.17, 15) is 4.79 Å². The Labute approximate surface area is 148 Å². The van der Waals surface area contributed by atoms with Crippen molar-refractivity contribution in [1.29, 1.82) is 0 Å². The summed E-state index contributed by atoms with van der Waals surface area (Å²) in [5.41, 5.74) is 6.09. The Hall–Kier alpha value is -2.48. The third-order valence-electron chi connectivity index (χ3n) is 4.88. The largest absolute Gasteiger partial charge is 0.451 e. The van der Waals surface area contributed by atoms with Crippen LogP contribution in [0.4, 0.5) is 0 Å². The molecule has 0 aromatic carbocycles. The van der Waals surface area contributed by atoms with Gasteiger partial charge in [0.05, 0.1) is 12.1 Å². The molecule has 1 aliphatic heterocycles. The number of hydrogen-bond donors (Lipinski definition) is 0. The first-order valence-corrected chi connectivity index (χ1v) is 9.38. The first-order valence-electron chi connectivity index (χ1n) is 8.44. The fourth-order valence-electron chi connectivity index (χ4n) is 3.38. The topological polar surface area (TPSA) is 77.1 Å². The van der Waals surface area contributed by atoms with Gasteiger partial charge in [-0.15, -0.1) is 11.3 Å². The van der Waals surface area contributed by atoms with Crippen LogP contribution < -0.4 is 0 Å². The van der Waals surface area contributed by atoms with Gasteiger partial charge in [-0.1, -0.05) is 0 Å². The van der Waals surface area contributed by atoms with Crippen molar-refractivity contribution in [2.75, 3.05) is 6.54 Å². The van der Waals surface area contributed by atoms with Crippen LogP contribution in [0.1, 0.15) is 34.6 Å². The van der Waals surface area contributed by atoms with Crippen LogP contribution >= 0.6 is 11.3 Å². The standard InChI is InChI=1S/C17H17N5O2S/c23-17(14-8-25-10-19-14)21-4-3-15-12(6-21)16(13-7-24-9-18-13)20-22(15)5-11-1-2-11/h7-11H,1-6H2. The molecule has 7 nitrogen and oxygen atoms in total. The van der Waals surface area contributed by atoms with E-state index in [0.717, 1.165) is 35.8 Å². The number of rotatable bonds is 4. The lowest BCUT2D eigenvalue weighted by atomic mass is 10.0. The molecule has 0 atom stereocenters. The van der Waals surface area contributed by atoms with E-state index in [2.05, 4.69) is 14.6 Å². The van der Waals surface area contributed by atoms with Crippen molar-refractivity contribution < 1.29 is 9.21 Å². The Balaban J connectivity index is 1.50. The van der Waals surface area contributed by atoms with E-state index in [0.29, 0.717) is 18.8 Å². The highest BCUT2D eigenvalue weighted by Gasteiger charge is 2.31. The molecule has 5 rings (SSSR count). The van der Waals surface area contributed by atoms with Gasteiger partial charge in [-0.25, -0.2) is 9.97 Å². The lowest BCUT2D eigenvalue weighted by Gasteiger charge is -2.27. The van der Waals surface area contributed by atoms with Crippen molar-refractivity contribution in [1.82, 2.24) is 24.6 Å². The predicted molar refractivity (Wildman–Crippen MR) is 91.0 cm³/mol. The van der Waals surface area contributed by atoms with E-state index in [1.54, 1.807) is 17.2 Å². The van der Waals surface area contributed by atoms with Gasteiger partial charge in [0, 0.05) is 36.1 Å². The fourth-order valence-corrected chi connectivity index (χ4v) is 3.90. The summed E-state index contributed by atoms with van der Waals surface area (Å²) in [6.07, 6.45) is 6.40. The summed E-state index contributed by atoms with van der Waals surface area (Å²) in [7, 11) is 0. The summed E-state index contributed by atoms with van der Waals surface area (Å²) in [5, 5.41) is 6.61. The number of carbonyl (C=O) groups is 1. The number of oxazole rings is 1. The molecule has 1 saturated carbocycles. The normalized spacial score (nSPS) is 16.9. The Morgan fingerprint density at radius 1 is 1.36 bits per heavy atom. The molecule has 8 heteroatoms. The minimum atomic E-state index is -0.0204. The van der Waals surface area contributed by atoms with Crippen LogP contribution in [0.3, 0.4) is 0 Å². The molecular weight excluding hydrogens is 338 g/mol. The van der Waals surface area contributed by atoms with Crippen molar-refractivity contribution in [3.05, 3.63) is 40.5 Å². The van der Waals surface area contributed by atoms with E-state index in [-0.39, 0.29) is 5.91 Å². The van der Waals surface area contributed by atoms with Gasteiger partial charge in [-0.05, 0) is 18.8 Å². The van der Waals surface area contributed by atoms with E-state index < -0.39 is 0 Å². The zero-order valence-electron chi connectivity index (χ0n) is 13.6. The zero-order valence-corrected chi connectivity index (χ0v) is 14.4. The van der Waals surface area contributed by atoms with Crippen molar-refractivity contribution in [2.24, 2.45) is 5.92 Å². The average molecular weight is 355 g/mol. The van der Waals surface area contributed by atoms with Crippen molar-refractivity contribution in [3.63, 3.8) is 0 Å². The van der Waals surface area contributed by atoms with Crippen molar-refractivity contribution in [3.8, 4) is 11.4 Å². The Morgan fingerprint density at radius 3 is 3.00 bits per heavy atom. The maximum Gasteiger partial charge on any atom is 0.273 e. The number of carbonyl (C=O) groups excluding carboxylic acids is 1. The third kappa shape index (κ3) is 2.66. The number of hydrogen-bond acceptors (Lipinski definition) is 6. The molecule has 0 radical (unpaired) electrons. The van der Waals surface area contributed by atoms with E-state index >= 15 is 0 Å². The van der Waals surface area contributed by atoms with Gasteiger partial charge in [0.1, 0.15) is 23.3 Å². The highest BCUT2D eigenvalue weighted by molar-refractivity contribution is 7.07. The molecule has 128 valence electrons. The van der Waals surface area contributed by atoms with Gasteiger partial charge < -0.3 is 9.32 Å². The highest BCUT2D eigenvalue weighted by atomic mass is 32.1. The zero-order chi connectivity index (χ0) is 16.8. The maximum atomic E-state index is 12.7. The summed E-state index contributed by atoms with van der Waals surface area (Å²) in [6.45, 7) is 2.19. The molecule has 1 aliphatic carbocycles. The number of aromatic nitrogens is 4. The van der Waals surface area contributed by atoms with Gasteiger partial charge in [-0.3, -0.25) is 9.48 Å². The maximum absolute atomic E-state index is 12.7. The van der Waals surface area contributed by atoms with Gasteiger partial charge in [0.25, 0.3) is 5.91 Å². The highest BCUT2D eigenvalue weighted by Crippen LogP contribution is 2.34. The molecular formula is C17H17N5O2S. The van der Waals surface area contributed by atoms with Crippen LogP contribution in [0.5, 0.6) is 0 Å². The molecule has 0 bridgehead atoms. The SMILES string of the molecule is O=C(c1cscn1)N1CCc2c(c(-c3cocn3)nn2CC2CC2)C1. The monoisotopic (exact) mass is 355 g/mol. The van der Waals surface area contributed by atoms with Gasteiger partial charge >= 0.3 is 0 Å². The number of nitrogens with zero attached hydrogens (tertiary/aromatic N) is 5. The minimum Gasteiger partial charge on any atom is -0.451 e. The molecule has 4 heterocycles. The van der Waals surface area contributed by atoms with E-state index in [1.807, 2.05) is 4.90 Å². The van der Waals surface area contributed by atoms with Crippen molar-refractivity contribution in [2.45, 2.75) is 32.4 Å². The lowest BCUT2D eigenvalue weighted by Crippen LogP contribution is -2.36. The summed E-state index contributed by atoms with van der Waals surface area (Å²) in [5.74, 6) is 0.719. The molecule has 1 amide bonds. The van der Waals surface area contributed by atoms with Crippen LogP contribution in [0.15, 0.2) is 28.0 Å². The molecule has 1 fully saturated rings.